The van der Waals surface area contributed by atoms with Crippen molar-refractivity contribution in [3.8, 4) is 6.07 Å². The number of halogens is 1. The Hall–Kier alpha value is -3.03. The summed E-state index contributed by atoms with van der Waals surface area (Å²) in [7, 11) is 0. The summed E-state index contributed by atoms with van der Waals surface area (Å²) >= 11 is 6.40. The van der Waals surface area contributed by atoms with E-state index >= 15 is 0 Å². The number of carbonyl (C=O) groups excluding carboxylic acids is 1. The van der Waals surface area contributed by atoms with E-state index < -0.39 is 5.92 Å². The quantitative estimate of drug-likeness (QED) is 0.794. The Bertz CT molecular complexity index is 1060. The number of ether oxygens (including phenoxy) is 1. The zero-order valence-corrected chi connectivity index (χ0v) is 16.2. The van der Waals surface area contributed by atoms with Crippen molar-refractivity contribution in [1.29, 1.82) is 5.26 Å². The summed E-state index contributed by atoms with van der Waals surface area (Å²) in [6.07, 6.45) is 0.926. The molecule has 1 heterocycles. The van der Waals surface area contributed by atoms with Crippen molar-refractivity contribution in [2.24, 2.45) is 5.73 Å². The highest BCUT2D eigenvalue weighted by Crippen LogP contribution is 2.47. The molecule has 1 aliphatic heterocycles. The van der Waals surface area contributed by atoms with Crippen LogP contribution in [0.25, 0.3) is 0 Å². The van der Waals surface area contributed by atoms with E-state index in [1.54, 1.807) is 6.07 Å². The van der Waals surface area contributed by atoms with Gasteiger partial charge in [0, 0.05) is 23.4 Å². The first-order valence-corrected chi connectivity index (χ1v) is 9.52. The van der Waals surface area contributed by atoms with Crippen molar-refractivity contribution < 1.29 is 9.53 Å². The van der Waals surface area contributed by atoms with E-state index in [1.165, 1.54) is 5.56 Å². The van der Waals surface area contributed by atoms with Crippen LogP contribution in [0, 0.1) is 18.3 Å². The second kappa shape index (κ2) is 7.18. The molecule has 2 atom stereocenters. The molecular weight excluding hydrogens is 372 g/mol. The number of nitrogens with two attached hydrogens (primary N) is 1. The lowest BCUT2D eigenvalue weighted by atomic mass is 9.73. The fourth-order valence-corrected chi connectivity index (χ4v) is 4.25. The maximum absolute atomic E-state index is 13.2. The van der Waals surface area contributed by atoms with Gasteiger partial charge < -0.3 is 10.5 Å². The normalized spacial score (nSPS) is 21.8. The number of carbonyl (C=O) groups is 1. The van der Waals surface area contributed by atoms with Crippen LogP contribution >= 0.6 is 11.6 Å². The molecule has 140 valence electrons. The van der Waals surface area contributed by atoms with E-state index in [4.69, 9.17) is 22.1 Å². The molecule has 2 aliphatic rings. The summed E-state index contributed by atoms with van der Waals surface area (Å²) in [6, 6.07) is 17.5. The first-order chi connectivity index (χ1) is 13.5. The lowest BCUT2D eigenvalue weighted by Gasteiger charge is -2.34. The number of hydrogen-bond acceptors (Lipinski definition) is 4. The number of rotatable bonds is 2. The molecule has 0 saturated carbocycles. The summed E-state index contributed by atoms with van der Waals surface area (Å²) < 4.78 is 5.78. The van der Waals surface area contributed by atoms with Crippen LogP contribution in [0.2, 0.25) is 5.02 Å². The van der Waals surface area contributed by atoms with E-state index in [0.717, 1.165) is 5.56 Å². The minimum Gasteiger partial charge on any atom is -0.444 e. The molecule has 0 bridgehead atoms. The number of allylic oxidation sites excluding steroid dienone is 3. The van der Waals surface area contributed by atoms with Crippen molar-refractivity contribution in [2.45, 2.75) is 31.6 Å². The Kier molecular flexibility index (Phi) is 4.70. The molecule has 0 unspecified atom stereocenters. The highest BCUT2D eigenvalue weighted by atomic mass is 35.5. The molecule has 2 aromatic carbocycles. The van der Waals surface area contributed by atoms with Gasteiger partial charge in [0.1, 0.15) is 17.4 Å². The van der Waals surface area contributed by atoms with Crippen LogP contribution in [0.5, 0.6) is 0 Å². The smallest absolute Gasteiger partial charge is 0.205 e. The fourth-order valence-electron chi connectivity index (χ4n) is 4.00. The third-order valence-corrected chi connectivity index (χ3v) is 5.77. The molecule has 1 aliphatic carbocycles. The van der Waals surface area contributed by atoms with E-state index in [-0.39, 0.29) is 23.2 Å². The Morgan fingerprint density at radius 3 is 2.54 bits per heavy atom. The predicted molar refractivity (Wildman–Crippen MR) is 107 cm³/mol. The minimum atomic E-state index is -0.589. The van der Waals surface area contributed by atoms with Gasteiger partial charge in [0.15, 0.2) is 5.78 Å². The molecule has 4 nitrogen and oxygen atoms in total. The fraction of sp³-hybridized carbons (Fsp3) is 0.217. The maximum atomic E-state index is 13.2. The van der Waals surface area contributed by atoms with Crippen LogP contribution in [0.15, 0.2) is 71.3 Å². The second-order valence-corrected chi connectivity index (χ2v) is 7.63. The molecule has 28 heavy (non-hydrogen) atoms. The van der Waals surface area contributed by atoms with Crippen LogP contribution in [-0.4, -0.2) is 5.78 Å². The van der Waals surface area contributed by atoms with Crippen LogP contribution in [0.1, 0.15) is 41.4 Å². The number of nitriles is 1. The Balaban J connectivity index is 1.80. The van der Waals surface area contributed by atoms with Crippen LogP contribution in [0.3, 0.4) is 0 Å². The highest BCUT2D eigenvalue weighted by Gasteiger charge is 2.41. The number of aryl methyl sites for hydroxylation is 1. The van der Waals surface area contributed by atoms with Gasteiger partial charge >= 0.3 is 0 Å². The first-order valence-electron chi connectivity index (χ1n) is 9.14. The van der Waals surface area contributed by atoms with Gasteiger partial charge in [0.2, 0.25) is 5.88 Å². The molecule has 0 amide bonds. The summed E-state index contributed by atoms with van der Waals surface area (Å²) in [5.41, 5.74) is 9.76. The molecule has 0 spiro atoms. The average molecular weight is 391 g/mol. The van der Waals surface area contributed by atoms with Crippen molar-refractivity contribution in [3.63, 3.8) is 0 Å². The molecule has 4 rings (SSSR count). The standard InChI is InChI=1S/C23H19ClN2O2/c1-13-6-8-14(9-7-13)15-10-19(27)22-20(11-15)28-23(26)17(12-25)21(22)16-4-2-3-5-18(16)24/h2-9,15,21H,10-11,26H2,1H3/t15-,21-/m0/s1. The largest absolute Gasteiger partial charge is 0.444 e. The third-order valence-electron chi connectivity index (χ3n) is 5.43. The van der Waals surface area contributed by atoms with Crippen molar-refractivity contribution in [3.05, 3.63) is 93.0 Å². The van der Waals surface area contributed by atoms with Crippen LogP contribution < -0.4 is 5.73 Å². The lowest BCUT2D eigenvalue weighted by molar-refractivity contribution is -0.117. The second-order valence-electron chi connectivity index (χ2n) is 7.22. The Morgan fingerprint density at radius 1 is 1.14 bits per heavy atom. The molecule has 5 heteroatoms. The van der Waals surface area contributed by atoms with E-state index in [2.05, 4.69) is 6.07 Å². The first kappa shape index (κ1) is 18.3. The molecule has 0 aromatic heterocycles. The van der Waals surface area contributed by atoms with Crippen molar-refractivity contribution >= 4 is 17.4 Å². The van der Waals surface area contributed by atoms with Crippen molar-refractivity contribution in [2.75, 3.05) is 0 Å². The van der Waals surface area contributed by atoms with Gasteiger partial charge in [-0.15, -0.1) is 0 Å². The lowest BCUT2D eigenvalue weighted by Crippen LogP contribution is -2.30. The van der Waals surface area contributed by atoms with E-state index in [0.29, 0.717) is 34.8 Å². The minimum absolute atomic E-state index is 0.0233. The zero-order valence-electron chi connectivity index (χ0n) is 15.4. The molecule has 2 aromatic rings. The summed E-state index contributed by atoms with van der Waals surface area (Å²) in [4.78, 5) is 13.2. The Morgan fingerprint density at radius 2 is 1.86 bits per heavy atom. The molecule has 0 fully saturated rings. The van der Waals surface area contributed by atoms with Crippen molar-refractivity contribution in [1.82, 2.24) is 0 Å². The van der Waals surface area contributed by atoms with Crippen LogP contribution in [-0.2, 0) is 9.53 Å². The average Bonchev–Trinajstić information content (AvgIpc) is 2.68. The van der Waals surface area contributed by atoms with Gasteiger partial charge in [-0.1, -0.05) is 59.6 Å². The van der Waals surface area contributed by atoms with Gasteiger partial charge in [0.25, 0.3) is 0 Å². The monoisotopic (exact) mass is 390 g/mol. The number of nitrogens with zero attached hydrogens (tertiary/aromatic N) is 1. The summed E-state index contributed by atoms with van der Waals surface area (Å²) in [5, 5.41) is 10.2. The highest BCUT2D eigenvalue weighted by molar-refractivity contribution is 6.31. The van der Waals surface area contributed by atoms with Gasteiger partial charge in [-0.05, 0) is 30.0 Å². The van der Waals surface area contributed by atoms with E-state index in [1.807, 2.05) is 49.4 Å². The summed E-state index contributed by atoms with van der Waals surface area (Å²) in [6.45, 7) is 2.03. The number of ketones is 1. The molecule has 0 saturated heterocycles. The number of benzene rings is 2. The SMILES string of the molecule is Cc1ccc([C@H]2CC(=O)C3=C(C2)OC(N)=C(C#N)[C@@H]3c2ccccc2Cl)cc1. The topological polar surface area (TPSA) is 76.1 Å². The van der Waals surface area contributed by atoms with Gasteiger partial charge in [-0.2, -0.15) is 5.26 Å². The number of hydrogen-bond donors (Lipinski definition) is 1. The molecule has 0 radical (unpaired) electrons. The third kappa shape index (κ3) is 3.08. The van der Waals surface area contributed by atoms with Gasteiger partial charge in [-0.25, -0.2) is 0 Å². The summed E-state index contributed by atoms with van der Waals surface area (Å²) in [5.74, 6) is -0.00661. The Labute approximate surface area is 168 Å². The zero-order chi connectivity index (χ0) is 19.8. The van der Waals surface area contributed by atoms with E-state index in [9.17, 15) is 10.1 Å². The predicted octanol–water partition coefficient (Wildman–Crippen LogP) is 4.86. The molecular formula is C23H19ClN2O2. The number of Topliss-reactive ketones (excluding diaryl/α,β-unsaturated/α-hetero) is 1. The van der Waals surface area contributed by atoms with Gasteiger partial charge in [-0.3, -0.25) is 4.79 Å². The van der Waals surface area contributed by atoms with Crippen LogP contribution in [0.4, 0.5) is 0 Å². The van der Waals surface area contributed by atoms with Gasteiger partial charge in [0.05, 0.1) is 5.92 Å². The molecule has 2 N–H and O–H groups in total. The maximum Gasteiger partial charge on any atom is 0.205 e.